The topological polar surface area (TPSA) is 32.3 Å². The van der Waals surface area contributed by atoms with Crippen LogP contribution in [0.1, 0.15) is 38.7 Å². The van der Waals surface area contributed by atoms with Crippen molar-refractivity contribution in [1.82, 2.24) is 0 Å². The summed E-state index contributed by atoms with van der Waals surface area (Å²) in [6, 6.07) is 9.07. The van der Waals surface area contributed by atoms with Crippen molar-refractivity contribution < 1.29 is 5.11 Å². The molecular formula is C14H23NO. The highest BCUT2D eigenvalue weighted by Gasteiger charge is 2.01. The van der Waals surface area contributed by atoms with Crippen LogP contribution < -0.4 is 5.32 Å². The van der Waals surface area contributed by atoms with Gasteiger partial charge in [0.25, 0.3) is 0 Å². The molecule has 16 heavy (non-hydrogen) atoms. The van der Waals surface area contributed by atoms with E-state index in [1.807, 2.05) is 0 Å². The number of nitrogens with one attached hydrogen (secondary N) is 1. The summed E-state index contributed by atoms with van der Waals surface area (Å²) >= 11 is 0. The molecule has 1 aromatic rings. The zero-order valence-corrected chi connectivity index (χ0v) is 10.4. The molecule has 0 aliphatic heterocycles. The summed E-state index contributed by atoms with van der Waals surface area (Å²) < 4.78 is 0. The molecule has 2 N–H and O–H groups in total. The van der Waals surface area contributed by atoms with Gasteiger partial charge in [0.15, 0.2) is 0 Å². The highest BCUT2D eigenvalue weighted by Crippen LogP contribution is 2.13. The molecule has 0 heterocycles. The molecule has 0 spiro atoms. The predicted molar refractivity (Wildman–Crippen MR) is 69.8 cm³/mol. The smallest absolute Gasteiger partial charge is 0.0431 e. The van der Waals surface area contributed by atoms with E-state index >= 15 is 0 Å². The van der Waals surface area contributed by atoms with E-state index in [2.05, 4.69) is 43.4 Å². The van der Waals surface area contributed by atoms with Crippen molar-refractivity contribution >= 4 is 5.69 Å². The lowest BCUT2D eigenvalue weighted by Crippen LogP contribution is -2.15. The van der Waals surface area contributed by atoms with Gasteiger partial charge in [-0.05, 0) is 43.9 Å². The van der Waals surface area contributed by atoms with Crippen LogP contribution in [0, 0.1) is 0 Å². The summed E-state index contributed by atoms with van der Waals surface area (Å²) in [5.74, 6) is 0. The Labute approximate surface area is 98.7 Å². The lowest BCUT2D eigenvalue weighted by atomic mass is 10.1. The molecule has 0 radical (unpaired) electrons. The number of hydrogen-bond acceptors (Lipinski definition) is 2. The first-order chi connectivity index (χ1) is 7.76. The minimum absolute atomic E-state index is 0.279. The number of rotatable bonds is 7. The zero-order valence-electron chi connectivity index (χ0n) is 10.4. The van der Waals surface area contributed by atoms with Crippen LogP contribution in [0.3, 0.4) is 0 Å². The first kappa shape index (κ1) is 13.0. The van der Waals surface area contributed by atoms with Crippen molar-refractivity contribution in [2.24, 2.45) is 0 Å². The Hall–Kier alpha value is -1.02. The molecular weight excluding hydrogens is 198 g/mol. The third kappa shape index (κ3) is 4.67. The molecule has 0 amide bonds. The van der Waals surface area contributed by atoms with Crippen molar-refractivity contribution in [3.63, 3.8) is 0 Å². The van der Waals surface area contributed by atoms with Crippen LogP contribution in [0.25, 0.3) is 0 Å². The second-order valence-corrected chi connectivity index (χ2v) is 4.36. The molecule has 0 aliphatic carbocycles. The van der Waals surface area contributed by atoms with Gasteiger partial charge in [-0.3, -0.25) is 0 Å². The third-order valence-corrected chi connectivity index (χ3v) is 2.70. The number of benzene rings is 1. The minimum atomic E-state index is 0.279. The van der Waals surface area contributed by atoms with E-state index in [9.17, 15) is 0 Å². The summed E-state index contributed by atoms with van der Waals surface area (Å²) in [5.41, 5.74) is 2.57. The monoisotopic (exact) mass is 221 g/mol. The van der Waals surface area contributed by atoms with Crippen molar-refractivity contribution in [1.29, 1.82) is 0 Å². The summed E-state index contributed by atoms with van der Waals surface area (Å²) in [4.78, 5) is 0. The predicted octanol–water partition coefficient (Wildman–Crippen LogP) is 3.21. The van der Waals surface area contributed by atoms with E-state index in [1.54, 1.807) is 0 Å². The number of anilines is 1. The maximum atomic E-state index is 8.75. The van der Waals surface area contributed by atoms with E-state index in [0.717, 1.165) is 19.3 Å². The number of aliphatic hydroxyl groups excluding tert-OH is 1. The molecule has 0 fully saturated rings. The van der Waals surface area contributed by atoms with Gasteiger partial charge in [-0.1, -0.05) is 25.5 Å². The average molecular weight is 221 g/mol. The molecule has 0 saturated heterocycles. The lowest BCUT2D eigenvalue weighted by molar-refractivity contribution is 0.282. The first-order valence-electron chi connectivity index (χ1n) is 6.22. The van der Waals surface area contributed by atoms with Gasteiger partial charge in [-0.15, -0.1) is 0 Å². The van der Waals surface area contributed by atoms with Gasteiger partial charge in [0.1, 0.15) is 0 Å². The Morgan fingerprint density at radius 2 is 1.94 bits per heavy atom. The molecule has 1 unspecified atom stereocenters. The van der Waals surface area contributed by atoms with Crippen molar-refractivity contribution in [3.05, 3.63) is 29.8 Å². The molecule has 1 aromatic carbocycles. The molecule has 0 bridgehead atoms. The second-order valence-electron chi connectivity index (χ2n) is 4.36. The number of hydrogen-bond donors (Lipinski definition) is 2. The molecule has 0 saturated carbocycles. The van der Waals surface area contributed by atoms with E-state index in [-0.39, 0.29) is 6.61 Å². The summed E-state index contributed by atoms with van der Waals surface area (Å²) in [6.07, 6.45) is 4.22. The van der Waals surface area contributed by atoms with Crippen LogP contribution in [-0.2, 0) is 6.42 Å². The van der Waals surface area contributed by atoms with E-state index in [0.29, 0.717) is 6.04 Å². The summed E-state index contributed by atoms with van der Waals surface area (Å²) in [6.45, 7) is 4.63. The van der Waals surface area contributed by atoms with Crippen molar-refractivity contribution in [3.8, 4) is 0 Å². The highest BCUT2D eigenvalue weighted by molar-refractivity contribution is 5.45. The SMILES string of the molecule is CCCc1ccc(NC(C)CCCO)cc1. The fraction of sp³-hybridized carbons (Fsp3) is 0.571. The van der Waals surface area contributed by atoms with E-state index < -0.39 is 0 Å². The summed E-state index contributed by atoms with van der Waals surface area (Å²) in [7, 11) is 0. The van der Waals surface area contributed by atoms with Gasteiger partial charge in [0.05, 0.1) is 0 Å². The average Bonchev–Trinajstić information content (AvgIpc) is 2.29. The number of aryl methyl sites for hydroxylation is 1. The second kappa shape index (κ2) is 7.29. The van der Waals surface area contributed by atoms with Gasteiger partial charge in [-0.25, -0.2) is 0 Å². The minimum Gasteiger partial charge on any atom is -0.396 e. The van der Waals surface area contributed by atoms with E-state index in [4.69, 9.17) is 5.11 Å². The van der Waals surface area contributed by atoms with Crippen LogP contribution in [-0.4, -0.2) is 17.8 Å². The van der Waals surface area contributed by atoms with Crippen LogP contribution in [0.2, 0.25) is 0 Å². The van der Waals surface area contributed by atoms with Gasteiger partial charge in [0, 0.05) is 18.3 Å². The molecule has 0 aromatic heterocycles. The largest absolute Gasteiger partial charge is 0.396 e. The normalized spacial score (nSPS) is 12.4. The maximum absolute atomic E-state index is 8.75. The molecule has 2 heteroatoms. The van der Waals surface area contributed by atoms with E-state index in [1.165, 1.54) is 17.7 Å². The standard InChI is InChI=1S/C14H23NO/c1-3-5-13-7-9-14(10-8-13)15-12(2)6-4-11-16/h7-10,12,15-16H,3-6,11H2,1-2H3. The van der Waals surface area contributed by atoms with Crippen molar-refractivity contribution in [2.75, 3.05) is 11.9 Å². The Balaban J connectivity index is 2.41. The Morgan fingerprint density at radius 1 is 1.25 bits per heavy atom. The molecule has 90 valence electrons. The van der Waals surface area contributed by atoms with Crippen molar-refractivity contribution in [2.45, 2.75) is 45.6 Å². The number of aliphatic hydroxyl groups is 1. The quantitative estimate of drug-likeness (QED) is 0.741. The van der Waals surface area contributed by atoms with Crippen LogP contribution in [0.5, 0.6) is 0 Å². The van der Waals surface area contributed by atoms with Gasteiger partial charge < -0.3 is 10.4 Å². The van der Waals surface area contributed by atoms with Gasteiger partial charge in [-0.2, -0.15) is 0 Å². The third-order valence-electron chi connectivity index (χ3n) is 2.70. The van der Waals surface area contributed by atoms with Gasteiger partial charge in [0.2, 0.25) is 0 Å². The van der Waals surface area contributed by atoms with Crippen LogP contribution >= 0.6 is 0 Å². The molecule has 1 atom stereocenters. The maximum Gasteiger partial charge on any atom is 0.0431 e. The molecule has 1 rings (SSSR count). The molecule has 0 aliphatic rings. The van der Waals surface area contributed by atoms with Crippen LogP contribution in [0.4, 0.5) is 5.69 Å². The Kier molecular flexibility index (Phi) is 5.94. The van der Waals surface area contributed by atoms with Gasteiger partial charge >= 0.3 is 0 Å². The lowest BCUT2D eigenvalue weighted by Gasteiger charge is -2.14. The molecule has 2 nitrogen and oxygen atoms in total. The zero-order chi connectivity index (χ0) is 11.8. The Bertz CT molecular complexity index is 281. The Morgan fingerprint density at radius 3 is 2.50 bits per heavy atom. The highest BCUT2D eigenvalue weighted by atomic mass is 16.2. The summed E-state index contributed by atoms with van der Waals surface area (Å²) in [5, 5.41) is 12.2. The fourth-order valence-electron chi connectivity index (χ4n) is 1.81. The fourth-order valence-corrected chi connectivity index (χ4v) is 1.81. The first-order valence-corrected chi connectivity index (χ1v) is 6.22. The van der Waals surface area contributed by atoms with Crippen LogP contribution in [0.15, 0.2) is 24.3 Å².